The van der Waals surface area contributed by atoms with Crippen LogP contribution in [0.1, 0.15) is 38.2 Å². The maximum Gasteiger partial charge on any atom is 0.277 e. The number of benzene rings is 1. The standard InChI is InChI=1S/C16H20BrN5O2/c1-5-21-10-11(17)14(19-21)15(23)18-12-8-6-7-9-13(12)22(24)20-16(2,3)4/h6-10H,5H2,1-4H3,(H,18,23). The summed E-state index contributed by atoms with van der Waals surface area (Å²) in [5.74, 6) is -0.398. The average molecular weight is 394 g/mol. The molecule has 1 N–H and O–H groups in total. The van der Waals surface area contributed by atoms with E-state index in [-0.39, 0.29) is 11.4 Å². The quantitative estimate of drug-likeness (QED) is 0.476. The van der Waals surface area contributed by atoms with Gasteiger partial charge in [-0.3, -0.25) is 9.48 Å². The van der Waals surface area contributed by atoms with Crippen LogP contribution in [0.4, 0.5) is 11.4 Å². The van der Waals surface area contributed by atoms with Crippen molar-refractivity contribution in [3.05, 3.63) is 45.8 Å². The van der Waals surface area contributed by atoms with Gasteiger partial charge in [-0.05, 0) is 54.8 Å². The first-order valence-electron chi connectivity index (χ1n) is 7.54. The predicted octanol–water partition coefficient (Wildman–Crippen LogP) is 4.31. The van der Waals surface area contributed by atoms with Crippen LogP contribution in [0.5, 0.6) is 0 Å². The Labute approximate surface area is 149 Å². The van der Waals surface area contributed by atoms with Gasteiger partial charge in [0.15, 0.2) is 5.69 Å². The molecule has 0 radical (unpaired) electrons. The van der Waals surface area contributed by atoms with Crippen molar-refractivity contribution in [3.63, 3.8) is 0 Å². The van der Waals surface area contributed by atoms with Crippen molar-refractivity contribution in [1.29, 1.82) is 0 Å². The van der Waals surface area contributed by atoms with Crippen LogP contribution in [0, 0.1) is 5.21 Å². The number of anilines is 1. The second kappa shape index (κ2) is 7.12. The lowest BCUT2D eigenvalue weighted by Crippen LogP contribution is -2.16. The first kappa shape index (κ1) is 18.1. The zero-order chi connectivity index (χ0) is 17.9. The molecule has 0 atom stereocenters. The summed E-state index contributed by atoms with van der Waals surface area (Å²) < 4.78 is 2.25. The predicted molar refractivity (Wildman–Crippen MR) is 95.5 cm³/mol. The second-order valence-corrected chi connectivity index (χ2v) is 7.05. The third kappa shape index (κ3) is 4.41. The molecule has 0 aliphatic rings. The van der Waals surface area contributed by atoms with E-state index in [4.69, 9.17) is 0 Å². The van der Waals surface area contributed by atoms with Crippen molar-refractivity contribution >= 4 is 33.2 Å². The van der Waals surface area contributed by atoms with Crippen molar-refractivity contribution in [2.75, 3.05) is 5.32 Å². The smallest absolute Gasteiger partial charge is 0.277 e. The second-order valence-electron chi connectivity index (χ2n) is 6.20. The van der Waals surface area contributed by atoms with Crippen LogP contribution in [0.15, 0.2) is 40.0 Å². The number of nitrogens with one attached hydrogen (secondary N) is 1. The number of nitrogens with zero attached hydrogens (tertiary/aromatic N) is 4. The van der Waals surface area contributed by atoms with E-state index in [1.165, 1.54) is 0 Å². The molecule has 7 nitrogen and oxygen atoms in total. The molecule has 0 aliphatic heterocycles. The fourth-order valence-corrected chi connectivity index (χ4v) is 2.46. The monoisotopic (exact) mass is 393 g/mol. The Balaban J connectivity index is 2.32. The zero-order valence-corrected chi connectivity index (χ0v) is 15.7. The minimum Gasteiger partial charge on any atom is -0.594 e. The Morgan fingerprint density at radius 2 is 2.08 bits per heavy atom. The number of carbonyl (C=O) groups is 1. The van der Waals surface area contributed by atoms with Gasteiger partial charge in [-0.15, -0.1) is 0 Å². The lowest BCUT2D eigenvalue weighted by molar-refractivity contribution is -0.448. The van der Waals surface area contributed by atoms with Crippen molar-refractivity contribution < 1.29 is 9.66 Å². The van der Waals surface area contributed by atoms with Crippen LogP contribution in [0.2, 0.25) is 0 Å². The van der Waals surface area contributed by atoms with Gasteiger partial charge in [0.25, 0.3) is 11.6 Å². The highest BCUT2D eigenvalue weighted by molar-refractivity contribution is 9.10. The van der Waals surface area contributed by atoms with Crippen LogP contribution in [0.25, 0.3) is 0 Å². The molecule has 2 rings (SSSR count). The number of para-hydroxylation sites is 2. The number of carbonyl (C=O) groups excluding carboxylic acids is 1. The molecule has 1 aromatic heterocycles. The van der Waals surface area contributed by atoms with Crippen molar-refractivity contribution in [2.45, 2.75) is 39.8 Å². The van der Waals surface area contributed by atoms with E-state index in [0.29, 0.717) is 21.6 Å². The summed E-state index contributed by atoms with van der Waals surface area (Å²) in [7, 11) is 0. The van der Waals surface area contributed by atoms with E-state index in [2.05, 4.69) is 31.5 Å². The SMILES string of the molecule is CCn1cc(Br)c(C(=O)Nc2ccccc2[N+]([O-])=NC(C)(C)C)n1. The highest BCUT2D eigenvalue weighted by Crippen LogP contribution is 2.26. The molecule has 2 aromatic rings. The Morgan fingerprint density at radius 3 is 2.67 bits per heavy atom. The summed E-state index contributed by atoms with van der Waals surface area (Å²) in [5.41, 5.74) is 0.383. The van der Waals surface area contributed by atoms with Crippen LogP contribution < -0.4 is 5.32 Å². The molecular formula is C16H20BrN5O2. The first-order chi connectivity index (χ1) is 11.2. The third-order valence-electron chi connectivity index (χ3n) is 3.01. The summed E-state index contributed by atoms with van der Waals surface area (Å²) in [4.78, 5) is 13.0. The maximum absolute atomic E-state index is 12.5. The van der Waals surface area contributed by atoms with E-state index in [1.807, 2.05) is 27.7 Å². The zero-order valence-electron chi connectivity index (χ0n) is 14.1. The summed E-state index contributed by atoms with van der Waals surface area (Å²) >= 11 is 3.32. The molecule has 0 spiro atoms. The Morgan fingerprint density at radius 1 is 1.42 bits per heavy atom. The maximum atomic E-state index is 12.5. The lowest BCUT2D eigenvalue weighted by Gasteiger charge is -2.12. The number of hydrogen-bond donors (Lipinski definition) is 1. The van der Waals surface area contributed by atoms with E-state index in [1.54, 1.807) is 35.1 Å². The van der Waals surface area contributed by atoms with E-state index >= 15 is 0 Å². The normalized spacial score (nSPS) is 12.3. The molecule has 24 heavy (non-hydrogen) atoms. The highest BCUT2D eigenvalue weighted by Gasteiger charge is 2.21. The van der Waals surface area contributed by atoms with Gasteiger partial charge in [0, 0.05) is 18.8 Å². The largest absolute Gasteiger partial charge is 0.594 e. The highest BCUT2D eigenvalue weighted by atomic mass is 79.9. The van der Waals surface area contributed by atoms with Crippen LogP contribution in [-0.2, 0) is 6.54 Å². The van der Waals surface area contributed by atoms with E-state index in [0.717, 1.165) is 0 Å². The average Bonchev–Trinajstić information content (AvgIpc) is 2.87. The topological polar surface area (TPSA) is 85.3 Å². The van der Waals surface area contributed by atoms with E-state index in [9.17, 15) is 10.0 Å². The van der Waals surface area contributed by atoms with Gasteiger partial charge in [0.2, 0.25) is 0 Å². The van der Waals surface area contributed by atoms with Crippen LogP contribution in [-0.4, -0.2) is 26.1 Å². The Bertz CT molecular complexity index is 777. The number of aromatic nitrogens is 2. The fraction of sp³-hybridized carbons (Fsp3) is 0.375. The summed E-state index contributed by atoms with van der Waals surface area (Å²) in [5, 5.41) is 23.3. The number of azo groups is 1. The minimum absolute atomic E-state index is 0.261. The molecule has 1 aromatic carbocycles. The molecule has 128 valence electrons. The lowest BCUT2D eigenvalue weighted by atomic mass is 10.1. The number of hydrogen-bond acceptors (Lipinski definition) is 4. The minimum atomic E-state index is -0.526. The first-order valence-corrected chi connectivity index (χ1v) is 8.34. The molecule has 0 aliphatic carbocycles. The van der Waals surface area contributed by atoms with Gasteiger partial charge in [-0.1, -0.05) is 17.0 Å². The molecular weight excluding hydrogens is 374 g/mol. The number of amides is 1. The Hall–Kier alpha value is -2.22. The van der Waals surface area contributed by atoms with Crippen LogP contribution >= 0.6 is 15.9 Å². The van der Waals surface area contributed by atoms with Crippen LogP contribution in [0.3, 0.4) is 0 Å². The van der Waals surface area contributed by atoms with Gasteiger partial charge in [-0.2, -0.15) is 5.10 Å². The Kier molecular flexibility index (Phi) is 5.38. The number of halogens is 1. The number of rotatable bonds is 4. The molecule has 0 bridgehead atoms. The van der Waals surface area contributed by atoms with Crippen molar-refractivity contribution in [2.24, 2.45) is 5.11 Å². The summed E-state index contributed by atoms with van der Waals surface area (Å²) in [6.07, 6.45) is 1.73. The molecule has 8 heteroatoms. The van der Waals surface area contributed by atoms with Gasteiger partial charge >= 0.3 is 0 Å². The van der Waals surface area contributed by atoms with Gasteiger partial charge < -0.3 is 10.5 Å². The molecule has 0 saturated heterocycles. The molecule has 0 fully saturated rings. The molecule has 1 heterocycles. The van der Waals surface area contributed by atoms with Gasteiger partial charge in [0.05, 0.1) is 4.47 Å². The van der Waals surface area contributed by atoms with Gasteiger partial charge in [0.1, 0.15) is 11.2 Å². The van der Waals surface area contributed by atoms with Crippen molar-refractivity contribution in [1.82, 2.24) is 9.78 Å². The fourth-order valence-electron chi connectivity index (χ4n) is 1.97. The molecule has 1 amide bonds. The molecule has 0 saturated carbocycles. The summed E-state index contributed by atoms with van der Waals surface area (Å²) in [6, 6.07) is 6.72. The van der Waals surface area contributed by atoms with Crippen molar-refractivity contribution in [3.8, 4) is 0 Å². The summed E-state index contributed by atoms with van der Waals surface area (Å²) in [6.45, 7) is 8.07. The molecule has 0 unspecified atom stereocenters. The number of aryl methyl sites for hydroxylation is 1. The third-order valence-corrected chi connectivity index (χ3v) is 3.59. The van der Waals surface area contributed by atoms with Gasteiger partial charge in [-0.25, -0.2) is 0 Å². The van der Waals surface area contributed by atoms with E-state index < -0.39 is 11.4 Å².